The van der Waals surface area contributed by atoms with Gasteiger partial charge < -0.3 is 14.2 Å². The molecule has 1 saturated carbocycles. The lowest BCUT2D eigenvalue weighted by atomic mass is 9.90. The molecular weight excluding hydrogens is 258 g/mol. The summed E-state index contributed by atoms with van der Waals surface area (Å²) in [6.07, 6.45) is -1.35. The highest BCUT2D eigenvalue weighted by Gasteiger charge is 2.43. The van der Waals surface area contributed by atoms with E-state index in [0.717, 1.165) is 12.1 Å². The summed E-state index contributed by atoms with van der Waals surface area (Å²) in [5.74, 6) is -2.21. The fourth-order valence-electron chi connectivity index (χ4n) is 1.78. The maximum absolute atomic E-state index is 13.4. The topological polar surface area (TPSA) is 44.8 Å². The molecule has 4 nitrogen and oxygen atoms in total. The SMILES string of the molecule is COCCOC1C(=O)CC1Oc1c(F)cccc1F. The fraction of sp³-hybridized carbons (Fsp3) is 0.462. The highest BCUT2D eigenvalue weighted by Crippen LogP contribution is 2.29. The summed E-state index contributed by atoms with van der Waals surface area (Å²) in [7, 11) is 1.51. The third-order valence-electron chi connectivity index (χ3n) is 2.83. The Kier molecular flexibility index (Phi) is 4.44. The van der Waals surface area contributed by atoms with Crippen LogP contribution in [0.25, 0.3) is 0 Å². The van der Waals surface area contributed by atoms with Gasteiger partial charge in [-0.1, -0.05) is 6.07 Å². The largest absolute Gasteiger partial charge is 0.481 e. The summed E-state index contributed by atoms with van der Waals surface area (Å²) >= 11 is 0. The van der Waals surface area contributed by atoms with Crippen molar-refractivity contribution in [1.29, 1.82) is 0 Å². The first-order valence-corrected chi connectivity index (χ1v) is 5.87. The fourth-order valence-corrected chi connectivity index (χ4v) is 1.78. The van der Waals surface area contributed by atoms with E-state index in [1.165, 1.54) is 13.2 Å². The number of hydrogen-bond donors (Lipinski definition) is 0. The first-order chi connectivity index (χ1) is 9.13. The van der Waals surface area contributed by atoms with E-state index in [9.17, 15) is 13.6 Å². The van der Waals surface area contributed by atoms with Crippen molar-refractivity contribution in [2.24, 2.45) is 0 Å². The minimum absolute atomic E-state index is 0.0887. The van der Waals surface area contributed by atoms with E-state index < -0.39 is 29.6 Å². The van der Waals surface area contributed by atoms with Crippen LogP contribution in [0.2, 0.25) is 0 Å². The van der Waals surface area contributed by atoms with Crippen molar-refractivity contribution >= 4 is 5.78 Å². The van der Waals surface area contributed by atoms with Crippen LogP contribution >= 0.6 is 0 Å². The molecule has 0 spiro atoms. The Labute approximate surface area is 109 Å². The van der Waals surface area contributed by atoms with Gasteiger partial charge in [-0.3, -0.25) is 4.79 Å². The van der Waals surface area contributed by atoms with Gasteiger partial charge in [0.15, 0.2) is 29.3 Å². The molecule has 2 unspecified atom stereocenters. The van der Waals surface area contributed by atoms with Crippen LogP contribution in [0.15, 0.2) is 18.2 Å². The van der Waals surface area contributed by atoms with Crippen molar-refractivity contribution in [2.45, 2.75) is 18.6 Å². The highest BCUT2D eigenvalue weighted by molar-refractivity contribution is 5.90. The predicted molar refractivity (Wildman–Crippen MR) is 62.0 cm³/mol. The first kappa shape index (κ1) is 13.9. The second kappa shape index (κ2) is 6.08. The molecule has 2 atom stereocenters. The summed E-state index contributed by atoms with van der Waals surface area (Å²) in [6, 6.07) is 3.44. The number of carbonyl (C=O) groups is 1. The molecule has 1 aliphatic carbocycles. The predicted octanol–water partition coefficient (Wildman–Crippen LogP) is 1.72. The molecule has 0 aromatic heterocycles. The summed E-state index contributed by atoms with van der Waals surface area (Å²) in [6.45, 7) is 0.567. The van der Waals surface area contributed by atoms with Crippen LogP contribution in [0.3, 0.4) is 0 Å². The van der Waals surface area contributed by atoms with E-state index in [4.69, 9.17) is 14.2 Å². The Morgan fingerprint density at radius 3 is 2.53 bits per heavy atom. The van der Waals surface area contributed by atoms with Crippen LogP contribution < -0.4 is 4.74 Å². The molecule has 0 radical (unpaired) electrons. The van der Waals surface area contributed by atoms with Gasteiger partial charge in [-0.15, -0.1) is 0 Å². The third-order valence-corrected chi connectivity index (χ3v) is 2.83. The summed E-state index contributed by atoms with van der Waals surface area (Å²) in [5, 5.41) is 0. The van der Waals surface area contributed by atoms with E-state index in [1.54, 1.807) is 0 Å². The number of ketones is 1. The van der Waals surface area contributed by atoms with Crippen LogP contribution in [0.4, 0.5) is 8.78 Å². The average Bonchev–Trinajstić information content (AvgIpc) is 2.37. The zero-order valence-electron chi connectivity index (χ0n) is 10.4. The molecule has 1 aromatic rings. The number of methoxy groups -OCH3 is 1. The van der Waals surface area contributed by atoms with Gasteiger partial charge >= 0.3 is 0 Å². The molecule has 1 fully saturated rings. The van der Waals surface area contributed by atoms with Crippen LogP contribution in [0.5, 0.6) is 5.75 Å². The van der Waals surface area contributed by atoms with Gasteiger partial charge in [0.2, 0.25) is 0 Å². The smallest absolute Gasteiger partial charge is 0.191 e. The molecule has 6 heteroatoms. The summed E-state index contributed by atoms with van der Waals surface area (Å²) in [5.41, 5.74) is 0. The minimum Gasteiger partial charge on any atom is -0.481 e. The molecule has 0 saturated heterocycles. The van der Waals surface area contributed by atoms with E-state index in [0.29, 0.717) is 6.61 Å². The molecule has 19 heavy (non-hydrogen) atoms. The maximum atomic E-state index is 13.4. The van der Waals surface area contributed by atoms with E-state index in [1.807, 2.05) is 0 Å². The van der Waals surface area contributed by atoms with Gasteiger partial charge in [0, 0.05) is 13.5 Å². The van der Waals surface area contributed by atoms with Gasteiger partial charge in [-0.05, 0) is 12.1 Å². The molecule has 104 valence electrons. The summed E-state index contributed by atoms with van der Waals surface area (Å²) in [4.78, 5) is 11.4. The monoisotopic (exact) mass is 272 g/mol. The molecule has 0 heterocycles. The first-order valence-electron chi connectivity index (χ1n) is 5.87. The van der Waals surface area contributed by atoms with E-state index in [-0.39, 0.29) is 18.8 Å². The lowest BCUT2D eigenvalue weighted by Crippen LogP contribution is -2.52. The average molecular weight is 272 g/mol. The number of benzene rings is 1. The Balaban J connectivity index is 1.97. The maximum Gasteiger partial charge on any atom is 0.191 e. The van der Waals surface area contributed by atoms with Crippen molar-refractivity contribution in [3.05, 3.63) is 29.8 Å². The number of rotatable bonds is 6. The Morgan fingerprint density at radius 1 is 1.26 bits per heavy atom. The normalized spacial score (nSPS) is 22.2. The molecular formula is C13H14F2O4. The lowest BCUT2D eigenvalue weighted by Gasteiger charge is -2.34. The van der Waals surface area contributed by atoms with E-state index >= 15 is 0 Å². The molecule has 0 amide bonds. The van der Waals surface area contributed by atoms with Crippen LogP contribution in [0, 0.1) is 11.6 Å². The van der Waals surface area contributed by atoms with Crippen molar-refractivity contribution in [3.8, 4) is 5.75 Å². The van der Waals surface area contributed by atoms with Gasteiger partial charge in [-0.25, -0.2) is 8.78 Å². The number of carbonyl (C=O) groups excluding carboxylic acids is 1. The second-order valence-electron chi connectivity index (χ2n) is 4.16. The summed E-state index contributed by atoms with van der Waals surface area (Å²) < 4.78 is 42.0. The second-order valence-corrected chi connectivity index (χ2v) is 4.16. The Hall–Kier alpha value is -1.53. The van der Waals surface area contributed by atoms with Crippen molar-refractivity contribution < 1.29 is 27.8 Å². The van der Waals surface area contributed by atoms with Gasteiger partial charge in [0.25, 0.3) is 0 Å². The van der Waals surface area contributed by atoms with Crippen LogP contribution in [-0.2, 0) is 14.3 Å². The quantitative estimate of drug-likeness (QED) is 0.740. The molecule has 2 rings (SSSR count). The zero-order chi connectivity index (χ0) is 13.8. The lowest BCUT2D eigenvalue weighted by molar-refractivity contribution is -0.156. The zero-order valence-corrected chi connectivity index (χ0v) is 10.4. The molecule has 0 aliphatic heterocycles. The van der Waals surface area contributed by atoms with Crippen molar-refractivity contribution in [3.63, 3.8) is 0 Å². The molecule has 1 aromatic carbocycles. The number of Topliss-reactive ketones (excluding diaryl/α,β-unsaturated/α-hetero) is 1. The number of ether oxygens (including phenoxy) is 3. The van der Waals surface area contributed by atoms with Crippen LogP contribution in [-0.4, -0.2) is 38.3 Å². The number of halogens is 2. The van der Waals surface area contributed by atoms with Gasteiger partial charge in [0.1, 0.15) is 6.10 Å². The molecule has 1 aliphatic rings. The highest BCUT2D eigenvalue weighted by atomic mass is 19.1. The van der Waals surface area contributed by atoms with Crippen molar-refractivity contribution in [1.82, 2.24) is 0 Å². The van der Waals surface area contributed by atoms with Gasteiger partial charge in [0.05, 0.1) is 13.2 Å². The van der Waals surface area contributed by atoms with Gasteiger partial charge in [-0.2, -0.15) is 0 Å². The number of hydrogen-bond acceptors (Lipinski definition) is 4. The standard InChI is InChI=1S/C13H14F2O4/c1-17-5-6-18-13-10(16)7-11(13)19-12-8(14)3-2-4-9(12)15/h2-4,11,13H,5-7H2,1H3. The number of para-hydroxylation sites is 1. The molecule has 0 bridgehead atoms. The Morgan fingerprint density at radius 2 is 1.95 bits per heavy atom. The molecule has 0 N–H and O–H groups in total. The Bertz CT molecular complexity index is 444. The van der Waals surface area contributed by atoms with Crippen LogP contribution in [0.1, 0.15) is 6.42 Å². The minimum atomic E-state index is -0.796. The van der Waals surface area contributed by atoms with Crippen molar-refractivity contribution in [2.75, 3.05) is 20.3 Å². The third kappa shape index (κ3) is 3.08. The van der Waals surface area contributed by atoms with E-state index in [2.05, 4.69) is 0 Å².